The number of hydrogen-bond acceptors (Lipinski definition) is 6. The van der Waals surface area contributed by atoms with Gasteiger partial charge in [-0.3, -0.25) is 4.79 Å². The summed E-state index contributed by atoms with van der Waals surface area (Å²) in [6, 6.07) is 7.70. The van der Waals surface area contributed by atoms with E-state index in [1.54, 1.807) is 11.8 Å². The average Bonchev–Trinajstić information content (AvgIpc) is 3.00. The molecule has 6 nitrogen and oxygen atoms in total. The fourth-order valence-corrected chi connectivity index (χ4v) is 4.67. The number of Topliss-reactive ketones (excluding diaryl/α,β-unsaturated/α-hetero) is 1. The minimum atomic E-state index is -0.292. The van der Waals surface area contributed by atoms with Gasteiger partial charge in [0.15, 0.2) is 5.78 Å². The Bertz CT molecular complexity index is 977. The van der Waals surface area contributed by atoms with Gasteiger partial charge in [0.1, 0.15) is 11.8 Å². The molecule has 29 heavy (non-hydrogen) atoms. The predicted octanol–water partition coefficient (Wildman–Crippen LogP) is 4.84. The third-order valence-electron chi connectivity index (χ3n) is 5.13. The van der Waals surface area contributed by atoms with Crippen molar-refractivity contribution in [3.63, 3.8) is 0 Å². The largest absolute Gasteiger partial charge is 0.491 e. The summed E-state index contributed by atoms with van der Waals surface area (Å²) in [5.74, 6) is 2.57. The lowest BCUT2D eigenvalue weighted by Gasteiger charge is -2.38. The van der Waals surface area contributed by atoms with Crippen LogP contribution < -0.4 is 10.1 Å². The van der Waals surface area contributed by atoms with Crippen LogP contribution in [0.25, 0.3) is 0 Å². The van der Waals surface area contributed by atoms with E-state index in [4.69, 9.17) is 9.84 Å². The monoisotopic (exact) mass is 412 g/mol. The first-order chi connectivity index (χ1) is 13.8. The Hall–Kier alpha value is -2.28. The molecule has 1 atom stereocenters. The summed E-state index contributed by atoms with van der Waals surface area (Å²) >= 11 is 1.60. The van der Waals surface area contributed by atoms with Crippen molar-refractivity contribution in [3.05, 3.63) is 41.1 Å². The molecule has 1 aromatic heterocycles. The summed E-state index contributed by atoms with van der Waals surface area (Å²) < 4.78 is 7.77. The number of ketones is 1. The van der Waals surface area contributed by atoms with Gasteiger partial charge in [-0.1, -0.05) is 44.7 Å². The highest BCUT2D eigenvalue weighted by Crippen LogP contribution is 2.46. The van der Waals surface area contributed by atoms with Gasteiger partial charge in [-0.05, 0) is 49.1 Å². The SMILES string of the molecule is CCSc1nc2n(n1)C(c1cccc(OC(C)C)c1)C1=C(CC(C)(C)CC1=O)N2. The summed E-state index contributed by atoms with van der Waals surface area (Å²) in [6.45, 7) is 10.4. The molecule has 7 heteroatoms. The summed E-state index contributed by atoms with van der Waals surface area (Å²) in [5, 5.41) is 8.87. The van der Waals surface area contributed by atoms with Gasteiger partial charge in [0.05, 0.1) is 6.10 Å². The van der Waals surface area contributed by atoms with Crippen molar-refractivity contribution in [2.75, 3.05) is 11.1 Å². The number of fused-ring (bicyclic) bond motifs is 1. The van der Waals surface area contributed by atoms with E-state index in [1.807, 2.05) is 42.8 Å². The number of carbonyl (C=O) groups excluding carboxylic acids is 1. The Morgan fingerprint density at radius 2 is 2.14 bits per heavy atom. The molecule has 2 aromatic rings. The molecule has 0 saturated heterocycles. The summed E-state index contributed by atoms with van der Waals surface area (Å²) in [6.07, 6.45) is 1.43. The first-order valence-electron chi connectivity index (χ1n) is 10.2. The molecule has 4 rings (SSSR count). The molecular formula is C22H28N4O2S. The molecule has 2 aliphatic rings. The third kappa shape index (κ3) is 3.92. The van der Waals surface area contributed by atoms with Crippen LogP contribution in [-0.2, 0) is 4.79 Å². The van der Waals surface area contributed by atoms with Gasteiger partial charge < -0.3 is 10.1 Å². The number of hydrogen-bond donors (Lipinski definition) is 1. The number of anilines is 1. The van der Waals surface area contributed by atoms with E-state index in [2.05, 4.69) is 31.1 Å². The van der Waals surface area contributed by atoms with E-state index >= 15 is 0 Å². The van der Waals surface area contributed by atoms with Crippen LogP contribution in [0.15, 0.2) is 40.7 Å². The van der Waals surface area contributed by atoms with Gasteiger partial charge in [0.2, 0.25) is 11.1 Å². The van der Waals surface area contributed by atoms with E-state index in [0.29, 0.717) is 12.4 Å². The number of benzene rings is 1. The van der Waals surface area contributed by atoms with Crippen LogP contribution in [0.5, 0.6) is 5.75 Å². The van der Waals surface area contributed by atoms with E-state index < -0.39 is 0 Å². The second-order valence-electron chi connectivity index (χ2n) is 8.70. The molecule has 1 aliphatic heterocycles. The zero-order chi connectivity index (χ0) is 20.8. The van der Waals surface area contributed by atoms with Crippen LogP contribution in [0.2, 0.25) is 0 Å². The van der Waals surface area contributed by atoms with Crippen molar-refractivity contribution in [2.45, 2.75) is 64.8 Å². The van der Waals surface area contributed by atoms with Crippen molar-refractivity contribution < 1.29 is 9.53 Å². The maximum Gasteiger partial charge on any atom is 0.227 e. The van der Waals surface area contributed by atoms with E-state index in [1.165, 1.54) is 0 Å². The van der Waals surface area contributed by atoms with E-state index in [9.17, 15) is 4.79 Å². The Kier molecular flexibility index (Phi) is 5.19. The van der Waals surface area contributed by atoms with Crippen molar-refractivity contribution in [3.8, 4) is 5.75 Å². The standard InChI is InChI=1S/C22H28N4O2S/c1-6-29-21-24-20-23-16-11-22(4,5)12-17(27)18(16)19(26(20)25-21)14-8-7-9-15(10-14)28-13(2)3/h7-10,13,19H,6,11-12H2,1-5H3,(H,23,24,25). The predicted molar refractivity (Wildman–Crippen MR) is 115 cm³/mol. The highest BCUT2D eigenvalue weighted by atomic mass is 32.2. The van der Waals surface area contributed by atoms with Crippen LogP contribution in [0.1, 0.15) is 59.1 Å². The first-order valence-corrected chi connectivity index (χ1v) is 11.1. The Labute approximate surface area is 176 Å². The maximum absolute atomic E-state index is 13.2. The van der Waals surface area contributed by atoms with Crippen molar-refractivity contribution in [1.82, 2.24) is 14.8 Å². The number of carbonyl (C=O) groups is 1. The van der Waals surface area contributed by atoms with Crippen LogP contribution in [0.4, 0.5) is 5.95 Å². The van der Waals surface area contributed by atoms with Crippen LogP contribution in [-0.4, -0.2) is 32.4 Å². The van der Waals surface area contributed by atoms with Gasteiger partial charge in [0, 0.05) is 17.7 Å². The number of allylic oxidation sites excluding steroid dienone is 2. The van der Waals surface area contributed by atoms with Crippen LogP contribution in [0.3, 0.4) is 0 Å². The zero-order valence-electron chi connectivity index (χ0n) is 17.7. The quantitative estimate of drug-likeness (QED) is 0.709. The summed E-state index contributed by atoms with van der Waals surface area (Å²) in [5.41, 5.74) is 2.69. The summed E-state index contributed by atoms with van der Waals surface area (Å²) in [7, 11) is 0. The van der Waals surface area contributed by atoms with Crippen LogP contribution >= 0.6 is 11.8 Å². The molecular weight excluding hydrogens is 384 g/mol. The molecule has 1 N–H and O–H groups in total. The fourth-order valence-electron chi connectivity index (χ4n) is 4.12. The molecule has 2 heterocycles. The van der Waals surface area contributed by atoms with Gasteiger partial charge in [-0.15, -0.1) is 5.10 Å². The van der Waals surface area contributed by atoms with Gasteiger partial charge in [-0.2, -0.15) is 4.98 Å². The molecule has 154 valence electrons. The van der Waals surface area contributed by atoms with Crippen molar-refractivity contribution >= 4 is 23.5 Å². The lowest BCUT2D eigenvalue weighted by Crippen LogP contribution is -2.36. The molecule has 1 unspecified atom stereocenters. The zero-order valence-corrected chi connectivity index (χ0v) is 18.5. The third-order valence-corrected chi connectivity index (χ3v) is 5.85. The van der Waals surface area contributed by atoms with E-state index in [-0.39, 0.29) is 23.3 Å². The number of nitrogens with zero attached hydrogens (tertiary/aromatic N) is 3. The van der Waals surface area contributed by atoms with E-state index in [0.717, 1.165) is 39.9 Å². The molecule has 0 saturated carbocycles. The lowest BCUT2D eigenvalue weighted by molar-refractivity contribution is -0.118. The molecule has 0 amide bonds. The lowest BCUT2D eigenvalue weighted by atomic mass is 9.73. The van der Waals surface area contributed by atoms with Crippen molar-refractivity contribution in [1.29, 1.82) is 0 Å². The first kappa shape index (κ1) is 20.0. The minimum absolute atomic E-state index is 0.0702. The highest BCUT2D eigenvalue weighted by Gasteiger charge is 2.41. The molecule has 0 radical (unpaired) electrons. The second-order valence-corrected chi connectivity index (χ2v) is 9.93. The normalized spacial score (nSPS) is 20.3. The molecule has 0 spiro atoms. The topological polar surface area (TPSA) is 69.0 Å². The summed E-state index contributed by atoms with van der Waals surface area (Å²) in [4.78, 5) is 17.9. The van der Waals surface area contributed by atoms with Crippen LogP contribution in [0, 0.1) is 5.41 Å². The second kappa shape index (κ2) is 7.52. The molecule has 0 fully saturated rings. The van der Waals surface area contributed by atoms with Crippen molar-refractivity contribution in [2.24, 2.45) is 5.41 Å². The minimum Gasteiger partial charge on any atom is -0.491 e. The van der Waals surface area contributed by atoms with Gasteiger partial charge in [0.25, 0.3) is 0 Å². The fraction of sp³-hybridized carbons (Fsp3) is 0.500. The number of thioether (sulfide) groups is 1. The Morgan fingerprint density at radius 1 is 1.34 bits per heavy atom. The molecule has 1 aromatic carbocycles. The molecule has 1 aliphatic carbocycles. The smallest absolute Gasteiger partial charge is 0.227 e. The molecule has 0 bridgehead atoms. The Balaban J connectivity index is 1.85. The number of ether oxygens (including phenoxy) is 1. The average molecular weight is 413 g/mol. The van der Waals surface area contributed by atoms with Gasteiger partial charge >= 0.3 is 0 Å². The maximum atomic E-state index is 13.2. The highest BCUT2D eigenvalue weighted by molar-refractivity contribution is 7.99. The number of nitrogens with one attached hydrogen (secondary N) is 1. The Morgan fingerprint density at radius 3 is 2.86 bits per heavy atom. The number of aromatic nitrogens is 3. The van der Waals surface area contributed by atoms with Gasteiger partial charge in [-0.25, -0.2) is 4.68 Å². The number of rotatable bonds is 5.